The van der Waals surface area contributed by atoms with E-state index in [-0.39, 0.29) is 11.5 Å². The first-order valence-corrected chi connectivity index (χ1v) is 8.33. The van der Waals surface area contributed by atoms with Gasteiger partial charge in [-0.05, 0) is 31.5 Å². The molecule has 2 aromatic rings. The van der Waals surface area contributed by atoms with Gasteiger partial charge in [0.1, 0.15) is 4.90 Å². The van der Waals surface area contributed by atoms with E-state index in [1.54, 1.807) is 29.7 Å². The Morgan fingerprint density at radius 3 is 2.62 bits per heavy atom. The van der Waals surface area contributed by atoms with Gasteiger partial charge in [-0.3, -0.25) is 4.72 Å². The van der Waals surface area contributed by atoms with Crippen molar-refractivity contribution in [2.45, 2.75) is 31.9 Å². The summed E-state index contributed by atoms with van der Waals surface area (Å²) in [4.78, 5) is 0.104. The van der Waals surface area contributed by atoms with Crippen LogP contribution in [-0.2, 0) is 23.2 Å². The zero-order chi connectivity index (χ0) is 15.6. The fourth-order valence-corrected chi connectivity index (χ4v) is 3.59. The van der Waals surface area contributed by atoms with Gasteiger partial charge in [0.25, 0.3) is 10.0 Å². The van der Waals surface area contributed by atoms with Gasteiger partial charge in [-0.1, -0.05) is 23.7 Å². The molecule has 21 heavy (non-hydrogen) atoms. The molecule has 0 saturated carbocycles. The number of aromatic nitrogens is 1. The van der Waals surface area contributed by atoms with E-state index in [0.29, 0.717) is 22.9 Å². The van der Waals surface area contributed by atoms with Gasteiger partial charge in [-0.25, -0.2) is 8.42 Å². The quantitative estimate of drug-likeness (QED) is 0.886. The Labute approximate surface area is 129 Å². The minimum absolute atomic E-state index is 0.104. The molecule has 0 unspecified atom stereocenters. The second kappa shape index (κ2) is 6.09. The van der Waals surface area contributed by atoms with Crippen LogP contribution in [0.2, 0.25) is 5.02 Å². The number of hydrogen-bond acceptors (Lipinski definition) is 3. The summed E-state index contributed by atoms with van der Waals surface area (Å²) in [6, 6.07) is 6.62. The summed E-state index contributed by atoms with van der Waals surface area (Å²) < 4.78 is 29.1. The van der Waals surface area contributed by atoms with Crippen LogP contribution >= 0.6 is 11.6 Å². The molecular formula is C14H17ClN2O3S. The number of sulfonamides is 1. The Hall–Kier alpha value is -1.50. The number of nitrogens with zero attached hydrogens (tertiary/aromatic N) is 1. The van der Waals surface area contributed by atoms with Crippen molar-refractivity contribution in [3.63, 3.8) is 0 Å². The Bertz CT molecular complexity index is 712. The van der Waals surface area contributed by atoms with E-state index in [1.165, 1.54) is 12.3 Å². The highest BCUT2D eigenvalue weighted by Gasteiger charge is 2.20. The third kappa shape index (κ3) is 3.23. The molecule has 0 spiro atoms. The molecule has 0 aliphatic rings. The fraction of sp³-hybridized carbons (Fsp3) is 0.286. The Morgan fingerprint density at radius 2 is 2.10 bits per heavy atom. The summed E-state index contributed by atoms with van der Waals surface area (Å²) in [6.45, 7) is 4.02. The molecule has 1 aromatic carbocycles. The van der Waals surface area contributed by atoms with Gasteiger partial charge in [0.2, 0.25) is 0 Å². The third-order valence-corrected chi connectivity index (χ3v) is 4.86. The van der Waals surface area contributed by atoms with Crippen LogP contribution in [0.5, 0.6) is 0 Å². The lowest BCUT2D eigenvalue weighted by molar-refractivity contribution is 0.271. The lowest BCUT2D eigenvalue weighted by Gasteiger charge is -2.11. The van der Waals surface area contributed by atoms with Crippen molar-refractivity contribution in [1.82, 2.24) is 4.57 Å². The minimum atomic E-state index is -3.75. The van der Waals surface area contributed by atoms with Gasteiger partial charge in [-0.15, -0.1) is 0 Å². The van der Waals surface area contributed by atoms with E-state index in [4.69, 9.17) is 11.6 Å². The number of rotatable bonds is 5. The summed E-state index contributed by atoms with van der Waals surface area (Å²) in [5.41, 5.74) is 1.66. The SMILES string of the molecule is CCn1cc(S(=O)(=O)Nc2c(C)cccc2Cl)cc1CO. The minimum Gasteiger partial charge on any atom is -0.390 e. The zero-order valence-electron chi connectivity index (χ0n) is 11.8. The lowest BCUT2D eigenvalue weighted by atomic mass is 10.2. The molecule has 0 atom stereocenters. The number of halogens is 1. The number of anilines is 1. The van der Waals surface area contributed by atoms with Crippen LogP contribution in [0.25, 0.3) is 0 Å². The molecule has 114 valence electrons. The van der Waals surface area contributed by atoms with E-state index in [9.17, 15) is 13.5 Å². The normalized spacial score (nSPS) is 11.6. The number of aryl methyl sites for hydroxylation is 2. The van der Waals surface area contributed by atoms with Crippen LogP contribution in [0.15, 0.2) is 35.4 Å². The summed E-state index contributed by atoms with van der Waals surface area (Å²) in [6.07, 6.45) is 1.50. The van der Waals surface area contributed by atoms with E-state index in [0.717, 1.165) is 5.56 Å². The Morgan fingerprint density at radius 1 is 1.38 bits per heavy atom. The van der Waals surface area contributed by atoms with Crippen molar-refractivity contribution in [1.29, 1.82) is 0 Å². The second-order valence-corrected chi connectivity index (χ2v) is 6.74. The summed E-state index contributed by atoms with van der Waals surface area (Å²) in [5.74, 6) is 0. The van der Waals surface area contributed by atoms with Crippen molar-refractivity contribution in [3.05, 3.63) is 46.7 Å². The van der Waals surface area contributed by atoms with Gasteiger partial charge in [-0.2, -0.15) is 0 Å². The van der Waals surface area contributed by atoms with E-state index < -0.39 is 10.0 Å². The maximum Gasteiger partial charge on any atom is 0.263 e. The van der Waals surface area contributed by atoms with E-state index in [2.05, 4.69) is 4.72 Å². The predicted octanol–water partition coefficient (Wildman–Crippen LogP) is 2.76. The third-order valence-electron chi connectivity index (χ3n) is 3.23. The van der Waals surface area contributed by atoms with Gasteiger partial charge in [0.15, 0.2) is 0 Å². The van der Waals surface area contributed by atoms with Gasteiger partial charge in [0, 0.05) is 18.4 Å². The molecule has 1 aromatic heterocycles. The molecule has 7 heteroatoms. The van der Waals surface area contributed by atoms with Crippen LogP contribution in [0.1, 0.15) is 18.2 Å². The van der Waals surface area contributed by atoms with Gasteiger partial charge < -0.3 is 9.67 Å². The number of para-hydroxylation sites is 1. The highest BCUT2D eigenvalue weighted by atomic mass is 35.5. The summed E-state index contributed by atoms with van der Waals surface area (Å²) in [5, 5.41) is 9.59. The van der Waals surface area contributed by atoms with Crippen molar-refractivity contribution < 1.29 is 13.5 Å². The molecule has 0 saturated heterocycles. The van der Waals surface area contributed by atoms with Gasteiger partial charge >= 0.3 is 0 Å². The molecule has 2 rings (SSSR count). The van der Waals surface area contributed by atoms with E-state index in [1.807, 2.05) is 6.92 Å². The molecular weight excluding hydrogens is 312 g/mol. The van der Waals surface area contributed by atoms with Gasteiger partial charge in [0.05, 0.1) is 17.3 Å². The summed E-state index contributed by atoms with van der Waals surface area (Å²) in [7, 11) is -3.75. The van der Waals surface area contributed by atoms with Crippen molar-refractivity contribution in [2.75, 3.05) is 4.72 Å². The van der Waals surface area contributed by atoms with Crippen LogP contribution in [-0.4, -0.2) is 18.1 Å². The van der Waals surface area contributed by atoms with Crippen molar-refractivity contribution >= 4 is 27.3 Å². The second-order valence-electron chi connectivity index (χ2n) is 4.65. The smallest absolute Gasteiger partial charge is 0.263 e. The number of benzene rings is 1. The van der Waals surface area contributed by atoms with E-state index >= 15 is 0 Å². The highest BCUT2D eigenvalue weighted by Crippen LogP contribution is 2.28. The Kier molecular flexibility index (Phi) is 4.61. The average molecular weight is 329 g/mol. The number of nitrogens with one attached hydrogen (secondary N) is 1. The molecule has 0 aliphatic carbocycles. The van der Waals surface area contributed by atoms with Crippen LogP contribution in [0.3, 0.4) is 0 Å². The topological polar surface area (TPSA) is 71.3 Å². The zero-order valence-corrected chi connectivity index (χ0v) is 13.4. The highest BCUT2D eigenvalue weighted by molar-refractivity contribution is 7.92. The maximum atomic E-state index is 12.4. The van der Waals surface area contributed by atoms with Crippen LogP contribution < -0.4 is 4.72 Å². The lowest BCUT2D eigenvalue weighted by Crippen LogP contribution is -2.13. The molecule has 2 N–H and O–H groups in total. The monoisotopic (exact) mass is 328 g/mol. The number of aliphatic hydroxyl groups is 1. The van der Waals surface area contributed by atoms with Crippen LogP contribution in [0.4, 0.5) is 5.69 Å². The predicted molar refractivity (Wildman–Crippen MR) is 83.0 cm³/mol. The first-order chi connectivity index (χ1) is 9.89. The van der Waals surface area contributed by atoms with Crippen LogP contribution in [0, 0.1) is 6.92 Å². The first-order valence-electron chi connectivity index (χ1n) is 6.47. The fourth-order valence-electron chi connectivity index (χ4n) is 2.05. The largest absolute Gasteiger partial charge is 0.390 e. The van der Waals surface area contributed by atoms with Crippen molar-refractivity contribution in [2.24, 2.45) is 0 Å². The van der Waals surface area contributed by atoms with Crippen molar-refractivity contribution in [3.8, 4) is 0 Å². The Balaban J connectivity index is 2.41. The summed E-state index contributed by atoms with van der Waals surface area (Å²) >= 11 is 6.04. The first kappa shape index (κ1) is 15.9. The number of aliphatic hydroxyl groups excluding tert-OH is 1. The molecule has 1 heterocycles. The molecule has 0 aliphatic heterocycles. The molecule has 0 fully saturated rings. The molecule has 0 amide bonds. The molecule has 0 radical (unpaired) electrons. The number of hydrogen-bond donors (Lipinski definition) is 2. The average Bonchev–Trinajstić information content (AvgIpc) is 2.87. The maximum absolute atomic E-state index is 12.4. The standard InChI is InChI=1S/C14H17ClN2O3S/c1-3-17-8-12(7-11(17)9-18)21(19,20)16-14-10(2)5-4-6-13(14)15/h4-8,16,18H,3,9H2,1-2H3. The molecule has 5 nitrogen and oxygen atoms in total. The molecule has 0 bridgehead atoms.